The number of thiophene rings is 1. The topological polar surface area (TPSA) is 99.2 Å². The predicted octanol–water partition coefficient (Wildman–Crippen LogP) is 5.42. The quantitative estimate of drug-likeness (QED) is 0.257. The molecule has 0 unspecified atom stereocenters. The van der Waals surface area contributed by atoms with E-state index < -0.39 is 5.97 Å². The molecule has 1 aromatic carbocycles. The summed E-state index contributed by atoms with van der Waals surface area (Å²) in [6.45, 7) is 6.44. The number of aryl methyl sites for hydroxylation is 2. The third kappa shape index (κ3) is 4.64. The van der Waals surface area contributed by atoms with Crippen LogP contribution in [-0.2, 0) is 16.1 Å². The van der Waals surface area contributed by atoms with Crippen LogP contribution in [0.4, 0.5) is 5.00 Å². The van der Waals surface area contributed by atoms with Crippen molar-refractivity contribution in [1.82, 2.24) is 14.8 Å². The fraction of sp³-hybridized carbons (Fsp3) is 0.250. The Hall–Kier alpha value is -3.37. The van der Waals surface area contributed by atoms with Crippen molar-refractivity contribution in [2.45, 2.75) is 32.5 Å². The number of benzene rings is 1. The van der Waals surface area contributed by atoms with Crippen LogP contribution in [0.25, 0.3) is 22.5 Å². The van der Waals surface area contributed by atoms with Crippen molar-refractivity contribution in [3.63, 3.8) is 0 Å². The number of nitrogens with one attached hydrogen (secondary N) is 1. The van der Waals surface area contributed by atoms with E-state index in [4.69, 9.17) is 9.15 Å². The van der Waals surface area contributed by atoms with E-state index in [2.05, 4.69) is 15.5 Å². The van der Waals surface area contributed by atoms with Crippen LogP contribution in [0.5, 0.6) is 0 Å². The number of anilines is 1. The lowest BCUT2D eigenvalue weighted by Crippen LogP contribution is -2.16. The van der Waals surface area contributed by atoms with E-state index >= 15 is 0 Å². The van der Waals surface area contributed by atoms with Gasteiger partial charge in [0.25, 0.3) is 0 Å². The molecule has 0 aliphatic heterocycles. The molecule has 34 heavy (non-hydrogen) atoms. The minimum absolute atomic E-state index is 0.112. The zero-order valence-electron chi connectivity index (χ0n) is 19.2. The lowest BCUT2D eigenvalue weighted by molar-refractivity contribution is -0.113. The SMILES string of the molecule is CCn1c(SCC(=O)Nc2sc(C)c(-c3ccccc3)c2C(=O)OC)nnc1-c1ccoc1C. The highest BCUT2D eigenvalue weighted by Crippen LogP contribution is 2.40. The summed E-state index contributed by atoms with van der Waals surface area (Å²) in [4.78, 5) is 26.4. The van der Waals surface area contributed by atoms with Gasteiger partial charge < -0.3 is 19.0 Å². The van der Waals surface area contributed by atoms with Crippen LogP contribution in [-0.4, -0.2) is 39.5 Å². The average molecular weight is 497 g/mol. The van der Waals surface area contributed by atoms with Gasteiger partial charge in [-0.3, -0.25) is 4.79 Å². The summed E-state index contributed by atoms with van der Waals surface area (Å²) in [7, 11) is 1.34. The van der Waals surface area contributed by atoms with E-state index in [-0.39, 0.29) is 11.7 Å². The molecule has 1 N–H and O–H groups in total. The van der Waals surface area contributed by atoms with Crippen molar-refractivity contribution in [3.05, 3.63) is 58.9 Å². The maximum atomic E-state index is 12.8. The Kier molecular flexibility index (Phi) is 7.18. The number of ether oxygens (including phenoxy) is 1. The minimum Gasteiger partial charge on any atom is -0.469 e. The Morgan fingerprint density at radius 3 is 2.59 bits per heavy atom. The lowest BCUT2D eigenvalue weighted by Gasteiger charge is -2.09. The van der Waals surface area contributed by atoms with E-state index in [1.807, 2.05) is 61.7 Å². The van der Waals surface area contributed by atoms with Crippen molar-refractivity contribution >= 4 is 40.0 Å². The molecule has 0 aliphatic rings. The second-order valence-corrected chi connectivity index (χ2v) is 9.54. The van der Waals surface area contributed by atoms with Gasteiger partial charge in [-0.15, -0.1) is 21.5 Å². The third-order valence-corrected chi connectivity index (χ3v) is 7.24. The zero-order valence-corrected chi connectivity index (χ0v) is 20.9. The second kappa shape index (κ2) is 10.3. The molecule has 4 rings (SSSR count). The Morgan fingerprint density at radius 1 is 1.18 bits per heavy atom. The largest absolute Gasteiger partial charge is 0.469 e. The molecule has 0 saturated carbocycles. The molecule has 176 valence electrons. The Bertz CT molecular complexity index is 1320. The van der Waals surface area contributed by atoms with Crippen LogP contribution in [0.3, 0.4) is 0 Å². The molecule has 3 heterocycles. The molecule has 4 aromatic rings. The number of methoxy groups -OCH3 is 1. The van der Waals surface area contributed by atoms with Gasteiger partial charge >= 0.3 is 5.97 Å². The third-order valence-electron chi connectivity index (χ3n) is 5.25. The molecular formula is C24H24N4O4S2. The maximum absolute atomic E-state index is 12.8. The number of carbonyl (C=O) groups excluding carboxylic acids is 2. The number of thioether (sulfide) groups is 1. The summed E-state index contributed by atoms with van der Waals surface area (Å²) >= 11 is 2.64. The number of carbonyl (C=O) groups is 2. The van der Waals surface area contributed by atoms with E-state index in [9.17, 15) is 9.59 Å². The van der Waals surface area contributed by atoms with E-state index in [0.717, 1.165) is 27.3 Å². The van der Waals surface area contributed by atoms with Crippen LogP contribution in [0, 0.1) is 13.8 Å². The number of rotatable bonds is 8. The summed E-state index contributed by atoms with van der Waals surface area (Å²) in [6, 6.07) is 11.4. The van der Waals surface area contributed by atoms with E-state index in [1.54, 1.807) is 6.26 Å². The molecule has 10 heteroatoms. The summed E-state index contributed by atoms with van der Waals surface area (Å²) in [5.74, 6) is 0.834. The van der Waals surface area contributed by atoms with Crippen LogP contribution in [0.15, 0.2) is 52.2 Å². The van der Waals surface area contributed by atoms with Gasteiger partial charge in [0.05, 0.1) is 24.7 Å². The smallest absolute Gasteiger partial charge is 0.341 e. The normalized spacial score (nSPS) is 10.9. The first-order valence-corrected chi connectivity index (χ1v) is 12.4. The second-order valence-electron chi connectivity index (χ2n) is 7.37. The number of amides is 1. The summed E-state index contributed by atoms with van der Waals surface area (Å²) < 4.78 is 12.4. The summed E-state index contributed by atoms with van der Waals surface area (Å²) in [5.41, 5.74) is 2.90. The summed E-state index contributed by atoms with van der Waals surface area (Å²) in [5, 5.41) is 12.6. The highest BCUT2D eigenvalue weighted by molar-refractivity contribution is 7.99. The number of hydrogen-bond donors (Lipinski definition) is 1. The van der Waals surface area contributed by atoms with Crippen LogP contribution in [0.1, 0.15) is 27.9 Å². The molecule has 0 aliphatic carbocycles. The first-order chi connectivity index (χ1) is 16.4. The van der Waals surface area contributed by atoms with Gasteiger partial charge in [-0.1, -0.05) is 42.1 Å². The molecule has 8 nitrogen and oxygen atoms in total. The lowest BCUT2D eigenvalue weighted by atomic mass is 10.0. The van der Waals surface area contributed by atoms with Crippen LogP contribution < -0.4 is 5.32 Å². The average Bonchev–Trinajstić information content (AvgIpc) is 3.53. The van der Waals surface area contributed by atoms with Gasteiger partial charge in [-0.2, -0.15) is 0 Å². The van der Waals surface area contributed by atoms with Crippen molar-refractivity contribution in [2.24, 2.45) is 0 Å². The first kappa shape index (κ1) is 23.8. The Balaban J connectivity index is 1.54. The van der Waals surface area contributed by atoms with Gasteiger partial charge in [-0.05, 0) is 32.4 Å². The highest BCUT2D eigenvalue weighted by atomic mass is 32.2. The first-order valence-electron chi connectivity index (χ1n) is 10.6. The van der Waals surface area contributed by atoms with Gasteiger partial charge in [0.2, 0.25) is 5.91 Å². The van der Waals surface area contributed by atoms with Crippen molar-refractivity contribution < 1.29 is 18.7 Å². The number of nitrogens with zero attached hydrogens (tertiary/aromatic N) is 3. The van der Waals surface area contributed by atoms with Crippen molar-refractivity contribution in [1.29, 1.82) is 0 Å². The molecule has 0 spiro atoms. The predicted molar refractivity (Wildman–Crippen MR) is 133 cm³/mol. The monoisotopic (exact) mass is 496 g/mol. The standard InChI is InChI=1S/C24H24N4O4S2/c1-5-28-21(17-11-12-32-14(17)2)26-27-24(28)33-13-18(29)25-22-20(23(30)31-4)19(15(3)34-22)16-9-7-6-8-10-16/h6-12H,5,13H2,1-4H3,(H,25,29). The van der Waals surface area contributed by atoms with E-state index in [0.29, 0.717) is 28.1 Å². The minimum atomic E-state index is -0.489. The summed E-state index contributed by atoms with van der Waals surface area (Å²) in [6.07, 6.45) is 1.62. The highest BCUT2D eigenvalue weighted by Gasteiger charge is 2.25. The molecular weight excluding hydrogens is 472 g/mol. The van der Waals surface area contributed by atoms with Gasteiger partial charge in [-0.25, -0.2) is 4.79 Å². The fourth-order valence-electron chi connectivity index (χ4n) is 3.67. The maximum Gasteiger partial charge on any atom is 0.341 e. The van der Waals surface area contributed by atoms with Gasteiger partial charge in [0, 0.05) is 17.0 Å². The number of aromatic nitrogens is 3. The molecule has 0 saturated heterocycles. The fourth-order valence-corrected chi connectivity index (χ4v) is 5.55. The molecule has 0 bridgehead atoms. The number of esters is 1. The van der Waals surface area contributed by atoms with Crippen molar-refractivity contribution in [2.75, 3.05) is 18.2 Å². The Morgan fingerprint density at radius 2 is 1.94 bits per heavy atom. The van der Waals surface area contributed by atoms with Crippen molar-refractivity contribution in [3.8, 4) is 22.5 Å². The molecule has 3 aromatic heterocycles. The number of furan rings is 1. The zero-order chi connectivity index (χ0) is 24.2. The molecule has 1 amide bonds. The van der Waals surface area contributed by atoms with Gasteiger partial charge in [0.1, 0.15) is 16.3 Å². The number of hydrogen-bond acceptors (Lipinski definition) is 8. The van der Waals surface area contributed by atoms with Crippen LogP contribution in [0.2, 0.25) is 0 Å². The van der Waals surface area contributed by atoms with E-state index in [1.165, 1.54) is 30.2 Å². The van der Waals surface area contributed by atoms with Crippen LogP contribution >= 0.6 is 23.1 Å². The van der Waals surface area contributed by atoms with Gasteiger partial charge in [0.15, 0.2) is 11.0 Å². The Labute approximate surface area is 205 Å². The molecule has 0 fully saturated rings. The molecule has 0 radical (unpaired) electrons. The molecule has 0 atom stereocenters.